The first kappa shape index (κ1) is 14.5. The molecule has 0 radical (unpaired) electrons. The first-order valence-corrected chi connectivity index (χ1v) is 7.29. The van der Waals surface area contributed by atoms with E-state index in [0.29, 0.717) is 20.9 Å². The van der Waals surface area contributed by atoms with Gasteiger partial charge < -0.3 is 9.47 Å². The zero-order valence-electron chi connectivity index (χ0n) is 11.6. The molecule has 0 saturated carbocycles. The standard InChI is InChI=1S/C16H14F2O2S/c1-19-13-9-5-3-7-11(17)15(9)21-16-10(14(13)20-2)6-4-8-12(16)18/h3-8,13-14H,1-2H3/t13-,14-/m1/s1. The van der Waals surface area contributed by atoms with Gasteiger partial charge in [0, 0.05) is 25.3 Å². The summed E-state index contributed by atoms with van der Waals surface area (Å²) in [6.45, 7) is 0. The molecule has 2 aromatic carbocycles. The van der Waals surface area contributed by atoms with Crippen LogP contribution in [0.5, 0.6) is 0 Å². The second-order valence-electron chi connectivity index (χ2n) is 4.73. The van der Waals surface area contributed by atoms with Gasteiger partial charge in [-0.1, -0.05) is 36.0 Å². The van der Waals surface area contributed by atoms with Gasteiger partial charge in [-0.2, -0.15) is 0 Å². The molecular weight excluding hydrogens is 294 g/mol. The van der Waals surface area contributed by atoms with Gasteiger partial charge in [-0.05, 0) is 12.1 Å². The first-order chi connectivity index (χ1) is 10.2. The second kappa shape index (κ2) is 5.75. The molecule has 2 aromatic rings. The lowest BCUT2D eigenvalue weighted by atomic mass is 9.98. The quantitative estimate of drug-likeness (QED) is 0.813. The third kappa shape index (κ3) is 2.35. The van der Waals surface area contributed by atoms with Crippen LogP contribution < -0.4 is 0 Å². The van der Waals surface area contributed by atoms with Gasteiger partial charge in [-0.25, -0.2) is 8.78 Å². The molecule has 110 valence electrons. The van der Waals surface area contributed by atoms with Gasteiger partial charge in [0.25, 0.3) is 0 Å². The van der Waals surface area contributed by atoms with Gasteiger partial charge in [0.15, 0.2) is 0 Å². The molecule has 0 aliphatic carbocycles. The highest BCUT2D eigenvalue weighted by Gasteiger charge is 2.34. The minimum absolute atomic E-state index is 0.384. The summed E-state index contributed by atoms with van der Waals surface area (Å²) in [7, 11) is 3.08. The Bertz CT molecular complexity index is 618. The van der Waals surface area contributed by atoms with E-state index in [1.165, 1.54) is 12.1 Å². The predicted octanol–water partition coefficient (Wildman–Crippen LogP) is 4.50. The van der Waals surface area contributed by atoms with Gasteiger partial charge >= 0.3 is 0 Å². The third-order valence-electron chi connectivity index (χ3n) is 3.59. The van der Waals surface area contributed by atoms with Crippen LogP contribution in [0.25, 0.3) is 0 Å². The molecule has 1 heterocycles. The smallest absolute Gasteiger partial charge is 0.137 e. The second-order valence-corrected chi connectivity index (χ2v) is 5.75. The first-order valence-electron chi connectivity index (χ1n) is 6.47. The normalized spacial score (nSPS) is 20.6. The number of hydrogen-bond acceptors (Lipinski definition) is 3. The highest BCUT2D eigenvalue weighted by atomic mass is 32.2. The summed E-state index contributed by atoms with van der Waals surface area (Å²) in [5.74, 6) is -0.768. The number of halogens is 2. The molecule has 0 bridgehead atoms. The number of fused-ring (bicyclic) bond motifs is 2. The van der Waals surface area contributed by atoms with Gasteiger partial charge in [-0.15, -0.1) is 0 Å². The van der Waals surface area contributed by atoms with Crippen LogP contribution in [0.4, 0.5) is 8.78 Å². The van der Waals surface area contributed by atoms with Crippen molar-refractivity contribution < 1.29 is 18.3 Å². The highest BCUT2D eigenvalue weighted by Crippen LogP contribution is 2.49. The zero-order chi connectivity index (χ0) is 15.0. The minimum atomic E-state index is -0.490. The summed E-state index contributed by atoms with van der Waals surface area (Å²) in [6, 6.07) is 9.56. The van der Waals surface area contributed by atoms with Crippen LogP contribution in [0.2, 0.25) is 0 Å². The monoisotopic (exact) mass is 308 g/mol. The van der Waals surface area contributed by atoms with Crippen molar-refractivity contribution in [3.63, 3.8) is 0 Å². The SMILES string of the molecule is CO[C@@H]1c2cccc(F)c2Sc2c(F)cccc2[C@H]1OC. The van der Waals surface area contributed by atoms with Gasteiger partial charge in [0.2, 0.25) is 0 Å². The van der Waals surface area contributed by atoms with Crippen LogP contribution >= 0.6 is 11.8 Å². The molecule has 5 heteroatoms. The van der Waals surface area contributed by atoms with E-state index in [2.05, 4.69) is 0 Å². The Hall–Kier alpha value is -1.43. The number of rotatable bonds is 2. The van der Waals surface area contributed by atoms with Crippen molar-refractivity contribution in [3.8, 4) is 0 Å². The van der Waals surface area contributed by atoms with E-state index in [4.69, 9.17) is 9.47 Å². The highest BCUT2D eigenvalue weighted by molar-refractivity contribution is 7.99. The summed E-state index contributed by atoms with van der Waals surface area (Å²) in [5.41, 5.74) is 1.34. The van der Waals surface area contributed by atoms with E-state index in [0.717, 1.165) is 11.8 Å². The van der Waals surface area contributed by atoms with Crippen molar-refractivity contribution in [3.05, 3.63) is 59.2 Å². The molecule has 0 unspecified atom stereocenters. The lowest BCUT2D eigenvalue weighted by Gasteiger charge is -2.25. The maximum Gasteiger partial charge on any atom is 0.137 e. The number of benzene rings is 2. The molecule has 2 nitrogen and oxygen atoms in total. The van der Waals surface area contributed by atoms with Crippen molar-refractivity contribution >= 4 is 11.8 Å². The van der Waals surface area contributed by atoms with Crippen LogP contribution in [0.15, 0.2) is 46.2 Å². The van der Waals surface area contributed by atoms with Crippen LogP contribution in [0.1, 0.15) is 23.3 Å². The molecule has 21 heavy (non-hydrogen) atoms. The average Bonchev–Trinajstić information content (AvgIpc) is 2.63. The minimum Gasteiger partial charge on any atom is -0.374 e. The van der Waals surface area contributed by atoms with E-state index in [9.17, 15) is 8.78 Å². The van der Waals surface area contributed by atoms with Gasteiger partial charge in [-0.3, -0.25) is 0 Å². The number of ether oxygens (including phenoxy) is 2. The topological polar surface area (TPSA) is 18.5 Å². The van der Waals surface area contributed by atoms with Crippen molar-refractivity contribution in [1.82, 2.24) is 0 Å². The number of methoxy groups -OCH3 is 2. The summed E-state index contributed by atoms with van der Waals surface area (Å²) < 4.78 is 39.4. The molecule has 3 rings (SSSR count). The molecule has 0 saturated heterocycles. The van der Waals surface area contributed by atoms with Crippen molar-refractivity contribution in [1.29, 1.82) is 0 Å². The molecule has 1 aliphatic heterocycles. The summed E-state index contributed by atoms with van der Waals surface area (Å²) in [5, 5.41) is 0. The Labute approximate surface area is 126 Å². The molecule has 0 fully saturated rings. The largest absolute Gasteiger partial charge is 0.374 e. The zero-order valence-corrected chi connectivity index (χ0v) is 12.4. The summed E-state index contributed by atoms with van der Waals surface area (Å²) in [6.07, 6.45) is -0.979. The summed E-state index contributed by atoms with van der Waals surface area (Å²) in [4.78, 5) is 0.769. The van der Waals surface area contributed by atoms with Crippen LogP contribution in [-0.4, -0.2) is 14.2 Å². The lowest BCUT2D eigenvalue weighted by molar-refractivity contribution is -0.0420. The molecule has 0 aromatic heterocycles. The van der Waals surface area contributed by atoms with E-state index >= 15 is 0 Å². The van der Waals surface area contributed by atoms with Crippen LogP contribution in [0, 0.1) is 11.6 Å². The Kier molecular flexibility index (Phi) is 3.97. The predicted molar refractivity (Wildman–Crippen MR) is 76.4 cm³/mol. The van der Waals surface area contributed by atoms with Gasteiger partial charge in [0.05, 0.1) is 9.79 Å². The third-order valence-corrected chi connectivity index (χ3v) is 4.86. The maximum absolute atomic E-state index is 14.2. The molecule has 0 N–H and O–H groups in total. The van der Waals surface area contributed by atoms with Crippen LogP contribution in [-0.2, 0) is 9.47 Å². The Morgan fingerprint density at radius 2 is 1.24 bits per heavy atom. The fraction of sp³-hybridized carbons (Fsp3) is 0.250. The Morgan fingerprint density at radius 1 is 0.810 bits per heavy atom. The summed E-state index contributed by atoms with van der Waals surface area (Å²) >= 11 is 1.08. The van der Waals surface area contributed by atoms with E-state index in [1.807, 2.05) is 0 Å². The van der Waals surface area contributed by atoms with Crippen LogP contribution in [0.3, 0.4) is 0 Å². The van der Waals surface area contributed by atoms with Gasteiger partial charge in [0.1, 0.15) is 23.8 Å². The van der Waals surface area contributed by atoms with E-state index in [-0.39, 0.29) is 11.6 Å². The molecule has 0 spiro atoms. The average molecular weight is 308 g/mol. The fourth-order valence-corrected chi connectivity index (χ4v) is 3.78. The number of hydrogen-bond donors (Lipinski definition) is 0. The lowest BCUT2D eigenvalue weighted by Crippen LogP contribution is -2.15. The molecule has 0 amide bonds. The van der Waals surface area contributed by atoms with Crippen molar-refractivity contribution in [2.24, 2.45) is 0 Å². The fourth-order valence-electron chi connectivity index (χ4n) is 2.64. The molecular formula is C16H14F2O2S. The van der Waals surface area contributed by atoms with Crippen molar-refractivity contribution in [2.75, 3.05) is 14.2 Å². The van der Waals surface area contributed by atoms with E-state index in [1.54, 1.807) is 38.5 Å². The maximum atomic E-state index is 14.2. The van der Waals surface area contributed by atoms with E-state index < -0.39 is 12.2 Å². The molecule has 1 aliphatic rings. The van der Waals surface area contributed by atoms with Crippen molar-refractivity contribution in [2.45, 2.75) is 22.0 Å². The Morgan fingerprint density at radius 3 is 1.62 bits per heavy atom. The Balaban J connectivity index is 2.29. The molecule has 2 atom stereocenters.